The van der Waals surface area contributed by atoms with E-state index in [1.54, 1.807) is 6.07 Å². The quantitative estimate of drug-likeness (QED) is 0.771. The van der Waals surface area contributed by atoms with Crippen LogP contribution in [0.25, 0.3) is 0 Å². The molecule has 1 saturated carbocycles. The third kappa shape index (κ3) is 4.03. The lowest BCUT2D eigenvalue weighted by Gasteiger charge is -2.48. The largest absolute Gasteiger partial charge is 0.417 e. The molecule has 0 saturated heterocycles. The number of nitrogens with one attached hydrogen (secondary N) is 2. The fourth-order valence-electron chi connectivity index (χ4n) is 2.43. The van der Waals surface area contributed by atoms with Crippen molar-refractivity contribution in [2.24, 2.45) is 5.41 Å². The van der Waals surface area contributed by atoms with Crippen molar-refractivity contribution in [3.05, 3.63) is 23.9 Å². The summed E-state index contributed by atoms with van der Waals surface area (Å²) < 4.78 is 28.4. The summed E-state index contributed by atoms with van der Waals surface area (Å²) >= 11 is 0. The van der Waals surface area contributed by atoms with Crippen LogP contribution in [0.4, 0.5) is 13.6 Å². The molecule has 1 heterocycles. The van der Waals surface area contributed by atoms with E-state index in [0.29, 0.717) is 12.0 Å². The average molecular weight is 315 g/mol. The average Bonchev–Trinajstić information content (AvgIpc) is 2.44. The third-order valence-corrected chi connectivity index (χ3v) is 3.71. The number of rotatable bonds is 5. The number of aliphatic hydroxyl groups excluding tert-OH is 1. The molecular formula is C14H19F2N3O3. The molecule has 1 fully saturated rings. The van der Waals surface area contributed by atoms with Crippen molar-refractivity contribution < 1.29 is 23.4 Å². The van der Waals surface area contributed by atoms with Crippen molar-refractivity contribution in [2.75, 3.05) is 0 Å². The number of aliphatic hydroxyl groups is 1. The Hall–Kier alpha value is -1.96. The van der Waals surface area contributed by atoms with Gasteiger partial charge >= 0.3 is 12.6 Å². The molecule has 1 aliphatic rings. The zero-order valence-electron chi connectivity index (χ0n) is 12.3. The molecule has 0 aliphatic heterocycles. The first-order valence-corrected chi connectivity index (χ1v) is 6.90. The molecule has 2 atom stereocenters. The number of nitrogens with zero attached hydrogens (tertiary/aromatic N) is 1. The predicted molar refractivity (Wildman–Crippen MR) is 74.4 cm³/mol. The van der Waals surface area contributed by atoms with Gasteiger partial charge in [-0.2, -0.15) is 8.78 Å². The highest BCUT2D eigenvalue weighted by atomic mass is 19.3. The fraction of sp³-hybridized carbons (Fsp3) is 0.571. The number of carbonyl (C=O) groups excluding carboxylic acids is 1. The summed E-state index contributed by atoms with van der Waals surface area (Å²) in [6, 6.07) is 2.21. The molecule has 0 bridgehead atoms. The number of alkyl halides is 2. The molecule has 1 aromatic rings. The summed E-state index contributed by atoms with van der Waals surface area (Å²) in [4.78, 5) is 15.4. The molecule has 0 unspecified atom stereocenters. The van der Waals surface area contributed by atoms with E-state index >= 15 is 0 Å². The van der Waals surface area contributed by atoms with E-state index < -0.39 is 18.7 Å². The maximum absolute atomic E-state index is 12.1. The third-order valence-electron chi connectivity index (χ3n) is 3.71. The molecular weight excluding hydrogens is 296 g/mol. The molecule has 8 heteroatoms. The number of pyridine rings is 1. The summed E-state index contributed by atoms with van der Waals surface area (Å²) in [5, 5.41) is 15.1. The van der Waals surface area contributed by atoms with Gasteiger partial charge in [0, 0.05) is 18.8 Å². The van der Waals surface area contributed by atoms with Crippen molar-refractivity contribution in [3.63, 3.8) is 0 Å². The van der Waals surface area contributed by atoms with Crippen LogP contribution in [-0.4, -0.2) is 34.9 Å². The molecule has 3 N–H and O–H groups in total. The van der Waals surface area contributed by atoms with Crippen LogP contribution in [-0.2, 0) is 6.54 Å². The van der Waals surface area contributed by atoms with Crippen LogP contribution in [0.3, 0.4) is 0 Å². The zero-order valence-corrected chi connectivity index (χ0v) is 12.3. The summed E-state index contributed by atoms with van der Waals surface area (Å²) in [7, 11) is 0. The van der Waals surface area contributed by atoms with Crippen LogP contribution in [0.1, 0.15) is 25.8 Å². The standard InChI is InChI=1S/C14H19F2N3O3/c1-14(2)6-9(11(14)20)19-13(21)18-7-8-3-4-17-10(5-8)22-12(15)16/h3-5,9,11-12,20H,6-7H2,1-2H3,(H2,18,19,21)/t9-,11-/m1/s1. The highest BCUT2D eigenvalue weighted by molar-refractivity contribution is 5.74. The van der Waals surface area contributed by atoms with Crippen LogP contribution in [0, 0.1) is 5.41 Å². The number of aromatic nitrogens is 1. The molecule has 6 nitrogen and oxygen atoms in total. The SMILES string of the molecule is CC1(C)C[C@@H](NC(=O)NCc2ccnc(OC(F)F)c2)[C@H]1O. The number of hydrogen-bond acceptors (Lipinski definition) is 4. The van der Waals surface area contributed by atoms with Crippen LogP contribution < -0.4 is 15.4 Å². The van der Waals surface area contributed by atoms with E-state index in [1.165, 1.54) is 12.3 Å². The summed E-state index contributed by atoms with van der Waals surface area (Å²) in [5.41, 5.74) is 0.389. The van der Waals surface area contributed by atoms with Crippen LogP contribution in [0.15, 0.2) is 18.3 Å². The Morgan fingerprint density at radius 3 is 2.91 bits per heavy atom. The maximum atomic E-state index is 12.1. The van der Waals surface area contributed by atoms with Crippen molar-refractivity contribution in [3.8, 4) is 5.88 Å². The number of urea groups is 1. The van der Waals surface area contributed by atoms with E-state index in [1.807, 2.05) is 13.8 Å². The van der Waals surface area contributed by atoms with Gasteiger partial charge in [-0.25, -0.2) is 9.78 Å². The minimum absolute atomic E-state index is 0.139. The van der Waals surface area contributed by atoms with E-state index in [-0.39, 0.29) is 23.9 Å². The summed E-state index contributed by atoms with van der Waals surface area (Å²) in [6.45, 7) is 1.05. The Kier molecular flexibility index (Phi) is 4.80. The van der Waals surface area contributed by atoms with Gasteiger partial charge in [0.2, 0.25) is 5.88 Å². The lowest BCUT2D eigenvalue weighted by molar-refractivity contribution is -0.0684. The van der Waals surface area contributed by atoms with Crippen LogP contribution in [0.2, 0.25) is 0 Å². The first-order valence-electron chi connectivity index (χ1n) is 6.90. The van der Waals surface area contributed by atoms with Gasteiger partial charge in [-0.1, -0.05) is 13.8 Å². The monoisotopic (exact) mass is 315 g/mol. The Morgan fingerprint density at radius 1 is 1.59 bits per heavy atom. The highest BCUT2D eigenvalue weighted by Gasteiger charge is 2.46. The molecule has 2 rings (SSSR count). The van der Waals surface area contributed by atoms with Crippen LogP contribution >= 0.6 is 0 Å². The Bertz CT molecular complexity index is 540. The van der Waals surface area contributed by atoms with Gasteiger partial charge in [-0.15, -0.1) is 0 Å². The van der Waals surface area contributed by atoms with Crippen molar-refractivity contribution >= 4 is 6.03 Å². The molecule has 1 aliphatic carbocycles. The van der Waals surface area contributed by atoms with Gasteiger partial charge in [0.25, 0.3) is 0 Å². The molecule has 0 spiro atoms. The number of carbonyl (C=O) groups is 1. The smallest absolute Gasteiger partial charge is 0.388 e. The Labute approximate surface area is 126 Å². The second-order valence-electron chi connectivity index (χ2n) is 5.95. The van der Waals surface area contributed by atoms with E-state index in [9.17, 15) is 18.7 Å². The van der Waals surface area contributed by atoms with Gasteiger partial charge in [0.1, 0.15) is 0 Å². The molecule has 2 amide bonds. The van der Waals surface area contributed by atoms with Crippen molar-refractivity contribution in [1.29, 1.82) is 0 Å². The van der Waals surface area contributed by atoms with Gasteiger partial charge in [-0.3, -0.25) is 0 Å². The highest BCUT2D eigenvalue weighted by Crippen LogP contribution is 2.40. The summed E-state index contributed by atoms with van der Waals surface area (Å²) in [6.07, 6.45) is 1.44. The van der Waals surface area contributed by atoms with E-state index in [0.717, 1.165) is 0 Å². The number of hydrogen-bond donors (Lipinski definition) is 3. The molecule has 0 radical (unpaired) electrons. The Balaban J connectivity index is 1.79. The lowest BCUT2D eigenvalue weighted by atomic mass is 9.65. The topological polar surface area (TPSA) is 83.5 Å². The number of ether oxygens (including phenoxy) is 1. The number of halogens is 2. The van der Waals surface area contributed by atoms with Gasteiger partial charge in [-0.05, 0) is 23.5 Å². The zero-order chi connectivity index (χ0) is 16.3. The predicted octanol–water partition coefficient (Wildman–Crippen LogP) is 1.64. The van der Waals surface area contributed by atoms with Crippen LogP contribution in [0.5, 0.6) is 5.88 Å². The molecule has 122 valence electrons. The Morgan fingerprint density at radius 2 is 2.32 bits per heavy atom. The molecule has 1 aromatic heterocycles. The normalized spacial score (nSPS) is 22.8. The lowest BCUT2D eigenvalue weighted by Crippen LogP contribution is -2.62. The van der Waals surface area contributed by atoms with Crippen molar-refractivity contribution in [2.45, 2.75) is 45.6 Å². The minimum atomic E-state index is -2.94. The summed E-state index contributed by atoms with van der Waals surface area (Å²) in [5.74, 6) is -0.203. The first-order chi connectivity index (χ1) is 10.3. The molecule has 0 aromatic carbocycles. The van der Waals surface area contributed by atoms with E-state index in [2.05, 4.69) is 20.4 Å². The van der Waals surface area contributed by atoms with Gasteiger partial charge < -0.3 is 20.5 Å². The second kappa shape index (κ2) is 6.43. The fourth-order valence-corrected chi connectivity index (χ4v) is 2.43. The minimum Gasteiger partial charge on any atom is -0.417 e. The van der Waals surface area contributed by atoms with Gasteiger partial charge in [0.15, 0.2) is 0 Å². The van der Waals surface area contributed by atoms with Gasteiger partial charge in [0.05, 0.1) is 12.1 Å². The van der Waals surface area contributed by atoms with E-state index in [4.69, 9.17) is 0 Å². The molecule has 22 heavy (non-hydrogen) atoms. The maximum Gasteiger partial charge on any atom is 0.388 e. The van der Waals surface area contributed by atoms with Crippen molar-refractivity contribution in [1.82, 2.24) is 15.6 Å². The second-order valence-corrected chi connectivity index (χ2v) is 5.95. The first kappa shape index (κ1) is 16.4. The number of amides is 2.